The van der Waals surface area contributed by atoms with E-state index < -0.39 is 5.97 Å². The molecule has 0 atom stereocenters. The van der Waals surface area contributed by atoms with Crippen molar-refractivity contribution in [1.29, 1.82) is 0 Å². The number of aliphatic carboxylic acids is 1. The molecule has 1 aliphatic heterocycles. The molecule has 2 aliphatic rings. The zero-order chi connectivity index (χ0) is 15.3. The Morgan fingerprint density at radius 3 is 2.19 bits per heavy atom. The Hall–Kier alpha value is -1.14. The van der Waals surface area contributed by atoms with Crippen molar-refractivity contribution in [2.75, 3.05) is 39.3 Å². The fraction of sp³-hybridized carbons (Fsp3) is 0.867. The fourth-order valence-electron chi connectivity index (χ4n) is 3.53. The number of hydrogen-bond acceptors (Lipinski definition) is 4. The number of amides is 1. The normalized spacial score (nSPS) is 23.0. The van der Waals surface area contributed by atoms with Gasteiger partial charge < -0.3 is 15.7 Å². The summed E-state index contributed by atoms with van der Waals surface area (Å²) >= 11 is 0. The highest BCUT2D eigenvalue weighted by molar-refractivity contribution is 5.77. The molecule has 0 aromatic carbocycles. The third kappa shape index (κ3) is 4.41. The summed E-state index contributed by atoms with van der Waals surface area (Å²) in [6.45, 7) is 3.22. The molecule has 0 radical (unpaired) electrons. The molecular weight excluding hydrogens is 270 g/mol. The zero-order valence-corrected chi connectivity index (χ0v) is 12.7. The van der Waals surface area contributed by atoms with Crippen LogP contribution < -0.4 is 5.73 Å². The van der Waals surface area contributed by atoms with Gasteiger partial charge in [0.1, 0.15) is 0 Å². The Balaban J connectivity index is 1.82. The zero-order valence-electron chi connectivity index (χ0n) is 12.7. The molecule has 6 nitrogen and oxygen atoms in total. The Morgan fingerprint density at radius 2 is 1.67 bits per heavy atom. The van der Waals surface area contributed by atoms with Crippen LogP contribution in [0, 0.1) is 5.41 Å². The van der Waals surface area contributed by atoms with E-state index in [1.807, 2.05) is 9.80 Å². The molecule has 2 rings (SSSR count). The van der Waals surface area contributed by atoms with Gasteiger partial charge in [-0.15, -0.1) is 0 Å². The Bertz CT molecular complexity index is 372. The third-order valence-electron chi connectivity index (χ3n) is 4.96. The molecule has 0 aromatic rings. The van der Waals surface area contributed by atoms with Crippen LogP contribution in [-0.4, -0.2) is 66.1 Å². The van der Waals surface area contributed by atoms with Crippen molar-refractivity contribution >= 4 is 11.9 Å². The molecule has 21 heavy (non-hydrogen) atoms. The number of carboxylic acids is 1. The highest BCUT2D eigenvalue weighted by atomic mass is 16.4. The number of carbonyl (C=O) groups is 2. The first-order chi connectivity index (χ1) is 10.0. The van der Waals surface area contributed by atoms with Gasteiger partial charge in [-0.3, -0.25) is 14.5 Å². The Morgan fingerprint density at radius 1 is 1.05 bits per heavy atom. The lowest BCUT2D eigenvalue weighted by Crippen LogP contribution is -2.51. The molecule has 3 N–H and O–H groups in total. The predicted molar refractivity (Wildman–Crippen MR) is 79.8 cm³/mol. The molecule has 1 amide bonds. The molecule has 1 heterocycles. The molecule has 6 heteroatoms. The first-order valence-electron chi connectivity index (χ1n) is 7.97. The summed E-state index contributed by atoms with van der Waals surface area (Å²) in [6, 6.07) is 0. The average Bonchev–Trinajstić information content (AvgIpc) is 2.48. The molecule has 0 aromatic heterocycles. The minimum absolute atomic E-state index is 0.00747. The summed E-state index contributed by atoms with van der Waals surface area (Å²) in [6.07, 6.45) is 6.29. The summed E-state index contributed by atoms with van der Waals surface area (Å²) in [5.41, 5.74) is 5.96. The van der Waals surface area contributed by atoms with Crippen molar-refractivity contribution in [3.63, 3.8) is 0 Å². The maximum atomic E-state index is 12.5. The lowest BCUT2D eigenvalue weighted by molar-refractivity contribution is -0.140. The fourth-order valence-corrected chi connectivity index (χ4v) is 3.53. The van der Waals surface area contributed by atoms with E-state index in [0.717, 1.165) is 12.8 Å². The van der Waals surface area contributed by atoms with E-state index in [2.05, 4.69) is 0 Å². The molecular formula is C15H27N3O3. The summed E-state index contributed by atoms with van der Waals surface area (Å²) < 4.78 is 0. The smallest absolute Gasteiger partial charge is 0.317 e. The maximum absolute atomic E-state index is 12.5. The van der Waals surface area contributed by atoms with Crippen molar-refractivity contribution in [3.05, 3.63) is 0 Å². The van der Waals surface area contributed by atoms with Gasteiger partial charge in [0.2, 0.25) is 5.91 Å². The van der Waals surface area contributed by atoms with Gasteiger partial charge in [-0.25, -0.2) is 0 Å². The van der Waals surface area contributed by atoms with Gasteiger partial charge in [-0.1, -0.05) is 19.3 Å². The highest BCUT2D eigenvalue weighted by Crippen LogP contribution is 2.38. The molecule has 0 unspecified atom stereocenters. The number of nitrogens with two attached hydrogens (primary N) is 1. The molecule has 2 fully saturated rings. The first kappa shape index (κ1) is 16.2. The number of carbonyl (C=O) groups excluding carboxylic acids is 1. The molecule has 1 aliphatic carbocycles. The quantitative estimate of drug-likeness (QED) is 0.772. The van der Waals surface area contributed by atoms with Crippen LogP contribution in [0.2, 0.25) is 0 Å². The van der Waals surface area contributed by atoms with Crippen molar-refractivity contribution < 1.29 is 14.7 Å². The summed E-state index contributed by atoms with van der Waals surface area (Å²) in [5, 5.41) is 8.79. The summed E-state index contributed by atoms with van der Waals surface area (Å²) in [5.74, 6) is -0.614. The largest absolute Gasteiger partial charge is 0.480 e. The van der Waals surface area contributed by atoms with E-state index in [9.17, 15) is 9.59 Å². The SMILES string of the molecule is NCC1(CC(=O)N2CCN(CC(=O)O)CC2)CCCCC1. The van der Waals surface area contributed by atoms with Gasteiger partial charge in [-0.05, 0) is 24.8 Å². The van der Waals surface area contributed by atoms with Crippen molar-refractivity contribution in [1.82, 2.24) is 9.80 Å². The molecule has 0 bridgehead atoms. The second kappa shape index (κ2) is 7.22. The lowest BCUT2D eigenvalue weighted by Gasteiger charge is -2.39. The second-order valence-corrected chi connectivity index (χ2v) is 6.49. The van der Waals surface area contributed by atoms with Gasteiger partial charge in [0.25, 0.3) is 0 Å². The van der Waals surface area contributed by atoms with Gasteiger partial charge in [0, 0.05) is 32.6 Å². The first-order valence-corrected chi connectivity index (χ1v) is 7.97. The van der Waals surface area contributed by atoms with E-state index >= 15 is 0 Å². The van der Waals surface area contributed by atoms with Crippen LogP contribution in [0.25, 0.3) is 0 Å². The minimum Gasteiger partial charge on any atom is -0.480 e. The number of carboxylic acid groups (broad SMARTS) is 1. The van der Waals surface area contributed by atoms with E-state index in [0.29, 0.717) is 39.1 Å². The van der Waals surface area contributed by atoms with Gasteiger partial charge in [-0.2, -0.15) is 0 Å². The summed E-state index contributed by atoms with van der Waals surface area (Å²) in [4.78, 5) is 26.9. The molecule has 1 saturated carbocycles. The molecule has 1 saturated heterocycles. The van der Waals surface area contributed by atoms with E-state index in [4.69, 9.17) is 10.8 Å². The van der Waals surface area contributed by atoms with Crippen LogP contribution in [0.4, 0.5) is 0 Å². The number of piperazine rings is 1. The maximum Gasteiger partial charge on any atom is 0.317 e. The van der Waals surface area contributed by atoms with Crippen LogP contribution >= 0.6 is 0 Å². The number of hydrogen-bond donors (Lipinski definition) is 2. The van der Waals surface area contributed by atoms with E-state index in [-0.39, 0.29) is 17.9 Å². The van der Waals surface area contributed by atoms with Crippen molar-refractivity contribution in [2.45, 2.75) is 38.5 Å². The third-order valence-corrected chi connectivity index (χ3v) is 4.96. The summed E-state index contributed by atoms with van der Waals surface area (Å²) in [7, 11) is 0. The van der Waals surface area contributed by atoms with Crippen LogP contribution in [0.5, 0.6) is 0 Å². The van der Waals surface area contributed by atoms with Crippen LogP contribution in [0.3, 0.4) is 0 Å². The standard InChI is InChI=1S/C15H27N3O3/c16-12-15(4-2-1-3-5-15)10-13(19)18-8-6-17(7-9-18)11-14(20)21/h1-12,16H2,(H,20,21). The van der Waals surface area contributed by atoms with Gasteiger partial charge in [0.05, 0.1) is 6.54 Å². The number of rotatable bonds is 5. The Labute approximate surface area is 126 Å². The number of nitrogens with zero attached hydrogens (tertiary/aromatic N) is 2. The predicted octanol–water partition coefficient (Wildman–Crippen LogP) is 0.515. The average molecular weight is 297 g/mol. The van der Waals surface area contributed by atoms with Crippen LogP contribution in [0.1, 0.15) is 38.5 Å². The van der Waals surface area contributed by atoms with Crippen LogP contribution in [-0.2, 0) is 9.59 Å². The van der Waals surface area contributed by atoms with Gasteiger partial charge in [0.15, 0.2) is 0 Å². The van der Waals surface area contributed by atoms with Crippen LogP contribution in [0.15, 0.2) is 0 Å². The molecule has 120 valence electrons. The van der Waals surface area contributed by atoms with E-state index in [1.54, 1.807) is 0 Å². The van der Waals surface area contributed by atoms with Crippen molar-refractivity contribution in [2.24, 2.45) is 11.1 Å². The van der Waals surface area contributed by atoms with E-state index in [1.165, 1.54) is 19.3 Å². The van der Waals surface area contributed by atoms with Gasteiger partial charge >= 0.3 is 5.97 Å². The lowest BCUT2D eigenvalue weighted by atomic mass is 9.71. The highest BCUT2D eigenvalue weighted by Gasteiger charge is 2.35. The topological polar surface area (TPSA) is 86.9 Å². The monoisotopic (exact) mass is 297 g/mol. The van der Waals surface area contributed by atoms with Crippen molar-refractivity contribution in [3.8, 4) is 0 Å². The minimum atomic E-state index is -0.806. The Kier molecular flexibility index (Phi) is 5.58. The second-order valence-electron chi connectivity index (χ2n) is 6.49. The molecule has 0 spiro atoms.